The van der Waals surface area contributed by atoms with Crippen LogP contribution in [0.2, 0.25) is 0 Å². The number of carbonyl (C=O) groups excluding carboxylic acids is 1. The van der Waals surface area contributed by atoms with Crippen molar-refractivity contribution < 1.29 is 22.3 Å². The lowest BCUT2D eigenvalue weighted by atomic mass is 10.1. The van der Waals surface area contributed by atoms with E-state index in [2.05, 4.69) is 9.46 Å². The Kier molecular flexibility index (Phi) is 7.62. The lowest BCUT2D eigenvalue weighted by Crippen LogP contribution is -2.27. The number of hydrogen-bond acceptors (Lipinski definition) is 5. The Morgan fingerprint density at radius 1 is 1.15 bits per heavy atom. The summed E-state index contributed by atoms with van der Waals surface area (Å²) < 4.78 is 44.8. The Hall–Kier alpha value is -1.90. The molecular weight excluding hydrogens is 377 g/mol. The van der Waals surface area contributed by atoms with Crippen LogP contribution in [0, 0.1) is 5.82 Å². The number of hydrogen-bond donors (Lipinski definition) is 1. The summed E-state index contributed by atoms with van der Waals surface area (Å²) in [6.45, 7) is 0.266. The van der Waals surface area contributed by atoms with E-state index < -0.39 is 16.0 Å². The molecule has 0 aliphatic heterocycles. The number of carbonyl (C=O) groups is 1. The normalized spacial score (nSPS) is 11.3. The zero-order valence-corrected chi connectivity index (χ0v) is 15.9. The monoisotopic (exact) mass is 397 g/mol. The Morgan fingerprint density at radius 3 is 2.50 bits per heavy atom. The minimum atomic E-state index is -3.48. The molecule has 0 saturated heterocycles. The number of rotatable bonds is 9. The van der Waals surface area contributed by atoms with E-state index in [0.717, 1.165) is 0 Å². The summed E-state index contributed by atoms with van der Waals surface area (Å²) in [7, 11) is -2.19. The molecule has 0 aromatic heterocycles. The van der Waals surface area contributed by atoms with Crippen LogP contribution in [-0.4, -0.2) is 33.8 Å². The third kappa shape index (κ3) is 6.44. The van der Waals surface area contributed by atoms with E-state index in [1.54, 1.807) is 30.3 Å². The molecule has 2 aromatic rings. The van der Waals surface area contributed by atoms with Gasteiger partial charge in [0, 0.05) is 18.1 Å². The molecule has 2 rings (SSSR count). The average Bonchev–Trinajstić information content (AvgIpc) is 2.62. The van der Waals surface area contributed by atoms with Gasteiger partial charge >= 0.3 is 5.97 Å². The molecule has 0 bridgehead atoms. The van der Waals surface area contributed by atoms with E-state index in [0.29, 0.717) is 28.2 Å². The highest BCUT2D eigenvalue weighted by Gasteiger charge is 2.12. The second-order valence-electron chi connectivity index (χ2n) is 5.49. The largest absolute Gasteiger partial charge is 0.465 e. The highest BCUT2D eigenvalue weighted by Crippen LogP contribution is 2.15. The van der Waals surface area contributed by atoms with E-state index in [1.807, 2.05) is 0 Å². The molecule has 1 N–H and O–H groups in total. The molecule has 0 aliphatic carbocycles. The van der Waals surface area contributed by atoms with Crippen molar-refractivity contribution in [1.82, 2.24) is 4.72 Å². The quantitative estimate of drug-likeness (QED) is 0.520. The van der Waals surface area contributed by atoms with Gasteiger partial charge in [0.15, 0.2) is 0 Å². The number of thioether (sulfide) groups is 1. The summed E-state index contributed by atoms with van der Waals surface area (Å²) in [4.78, 5) is 11.4. The van der Waals surface area contributed by atoms with Gasteiger partial charge in [-0.05, 0) is 29.3 Å². The van der Waals surface area contributed by atoms with Crippen molar-refractivity contribution in [3.8, 4) is 0 Å². The molecular formula is C18H20FNO4S2. The number of halogens is 1. The van der Waals surface area contributed by atoms with Crippen LogP contribution in [0.5, 0.6) is 0 Å². The van der Waals surface area contributed by atoms with Crippen molar-refractivity contribution in [2.24, 2.45) is 0 Å². The van der Waals surface area contributed by atoms with Crippen molar-refractivity contribution in [1.29, 1.82) is 0 Å². The summed E-state index contributed by atoms with van der Waals surface area (Å²) in [5.41, 5.74) is 1.54. The van der Waals surface area contributed by atoms with E-state index in [4.69, 9.17) is 0 Å². The molecule has 0 amide bonds. The van der Waals surface area contributed by atoms with Crippen molar-refractivity contribution in [3.63, 3.8) is 0 Å². The first kappa shape index (κ1) is 20.4. The van der Waals surface area contributed by atoms with Gasteiger partial charge in [-0.1, -0.05) is 30.3 Å². The number of methoxy groups -OCH3 is 1. The van der Waals surface area contributed by atoms with Gasteiger partial charge in [0.1, 0.15) is 5.82 Å². The number of ether oxygens (including phenoxy) is 1. The Bertz CT molecular complexity index is 839. The highest BCUT2D eigenvalue weighted by molar-refractivity contribution is 7.98. The fraction of sp³-hybridized carbons (Fsp3) is 0.278. The van der Waals surface area contributed by atoms with Crippen LogP contribution in [-0.2, 0) is 26.3 Å². The summed E-state index contributed by atoms with van der Waals surface area (Å²) in [5, 5.41) is 0. The second kappa shape index (κ2) is 9.70. The molecule has 0 radical (unpaired) electrons. The molecule has 2 aromatic carbocycles. The lowest BCUT2D eigenvalue weighted by Gasteiger charge is -2.08. The summed E-state index contributed by atoms with van der Waals surface area (Å²) in [6.07, 6.45) is 0. The summed E-state index contributed by atoms with van der Waals surface area (Å²) in [6, 6.07) is 12.7. The maximum Gasteiger partial charge on any atom is 0.337 e. The molecule has 0 spiro atoms. The maximum absolute atomic E-state index is 13.5. The fourth-order valence-corrected chi connectivity index (χ4v) is 4.31. The molecule has 140 valence electrons. The third-order valence-corrected chi connectivity index (χ3v) is 5.88. The number of benzene rings is 2. The van der Waals surface area contributed by atoms with Crippen LogP contribution >= 0.6 is 11.8 Å². The van der Waals surface area contributed by atoms with Gasteiger partial charge in [0.05, 0.1) is 18.4 Å². The molecule has 0 atom stereocenters. The molecule has 26 heavy (non-hydrogen) atoms. The van der Waals surface area contributed by atoms with Gasteiger partial charge in [-0.25, -0.2) is 22.3 Å². The summed E-state index contributed by atoms with van der Waals surface area (Å²) in [5.74, 6) is 0.130. The van der Waals surface area contributed by atoms with Crippen molar-refractivity contribution in [3.05, 3.63) is 71.0 Å². The van der Waals surface area contributed by atoms with Gasteiger partial charge in [0.25, 0.3) is 0 Å². The Labute approximate surface area is 157 Å². The van der Waals surface area contributed by atoms with E-state index in [9.17, 15) is 17.6 Å². The molecule has 0 fully saturated rings. The minimum Gasteiger partial charge on any atom is -0.465 e. The molecule has 0 heterocycles. The van der Waals surface area contributed by atoms with Gasteiger partial charge in [-0.2, -0.15) is 11.8 Å². The van der Waals surface area contributed by atoms with Gasteiger partial charge < -0.3 is 4.74 Å². The topological polar surface area (TPSA) is 72.5 Å². The second-order valence-corrected chi connectivity index (χ2v) is 8.40. The van der Waals surface area contributed by atoms with Crippen LogP contribution in [0.15, 0.2) is 48.5 Å². The first-order chi connectivity index (χ1) is 12.4. The SMILES string of the molecule is COC(=O)c1ccc(CS(=O)(=O)NCCSCc2ccccc2F)cc1. The average molecular weight is 397 g/mol. The van der Waals surface area contributed by atoms with Gasteiger partial charge in [-0.3, -0.25) is 0 Å². The standard InChI is InChI=1S/C18H20FNO4S2/c1-24-18(21)15-8-6-14(7-9-15)13-26(22,23)20-10-11-25-12-16-4-2-3-5-17(16)19/h2-9,20H,10-13H2,1H3. The van der Waals surface area contributed by atoms with E-state index in [-0.39, 0.29) is 18.1 Å². The van der Waals surface area contributed by atoms with Crippen molar-refractivity contribution >= 4 is 27.8 Å². The predicted octanol–water partition coefficient (Wildman–Crippen LogP) is 2.97. The first-order valence-corrected chi connectivity index (χ1v) is 10.7. The molecule has 8 heteroatoms. The van der Waals surface area contributed by atoms with Crippen molar-refractivity contribution in [2.45, 2.75) is 11.5 Å². The smallest absolute Gasteiger partial charge is 0.337 e. The summed E-state index contributed by atoms with van der Waals surface area (Å²) >= 11 is 1.46. The number of sulfonamides is 1. The van der Waals surface area contributed by atoms with Crippen LogP contribution in [0.1, 0.15) is 21.5 Å². The lowest BCUT2D eigenvalue weighted by molar-refractivity contribution is 0.0600. The molecule has 0 unspecified atom stereocenters. The predicted molar refractivity (Wildman–Crippen MR) is 101 cm³/mol. The molecule has 0 aliphatic rings. The van der Waals surface area contributed by atoms with E-state index in [1.165, 1.54) is 37.1 Å². The van der Waals surface area contributed by atoms with Gasteiger partial charge in [-0.15, -0.1) is 0 Å². The van der Waals surface area contributed by atoms with Gasteiger partial charge in [0.2, 0.25) is 10.0 Å². The number of esters is 1. The fourth-order valence-electron chi connectivity index (χ4n) is 2.19. The first-order valence-electron chi connectivity index (χ1n) is 7.87. The Balaban J connectivity index is 1.76. The maximum atomic E-state index is 13.5. The molecule has 0 saturated carbocycles. The highest BCUT2D eigenvalue weighted by atomic mass is 32.2. The van der Waals surface area contributed by atoms with Crippen LogP contribution in [0.4, 0.5) is 4.39 Å². The minimum absolute atomic E-state index is 0.174. The number of nitrogens with one attached hydrogen (secondary N) is 1. The van der Waals surface area contributed by atoms with E-state index >= 15 is 0 Å². The zero-order valence-electron chi connectivity index (χ0n) is 14.3. The van der Waals surface area contributed by atoms with Crippen LogP contribution < -0.4 is 4.72 Å². The van der Waals surface area contributed by atoms with Crippen LogP contribution in [0.25, 0.3) is 0 Å². The molecule has 5 nitrogen and oxygen atoms in total. The Morgan fingerprint density at radius 2 is 1.85 bits per heavy atom. The van der Waals surface area contributed by atoms with Crippen molar-refractivity contribution in [2.75, 3.05) is 19.4 Å². The zero-order chi connectivity index (χ0) is 19.0. The van der Waals surface area contributed by atoms with Crippen LogP contribution in [0.3, 0.4) is 0 Å². The third-order valence-electron chi connectivity index (χ3n) is 3.52.